The van der Waals surface area contributed by atoms with Gasteiger partial charge in [-0.3, -0.25) is 24.6 Å². The van der Waals surface area contributed by atoms with Crippen molar-refractivity contribution in [1.29, 1.82) is 0 Å². The van der Waals surface area contributed by atoms with Gasteiger partial charge in [0.15, 0.2) is 5.96 Å². The number of hydrogen-bond donors (Lipinski definition) is 2. The molecule has 2 fully saturated rings. The van der Waals surface area contributed by atoms with Gasteiger partial charge < -0.3 is 15.5 Å². The molecule has 0 radical (unpaired) electrons. The van der Waals surface area contributed by atoms with E-state index in [0.717, 1.165) is 38.4 Å². The number of hydrogen-bond acceptors (Lipinski definition) is 5. The minimum atomic E-state index is -0.458. The van der Waals surface area contributed by atoms with E-state index in [-0.39, 0.29) is 41.0 Å². The maximum atomic E-state index is 11.6. The Labute approximate surface area is 168 Å². The molecule has 0 bridgehead atoms. The van der Waals surface area contributed by atoms with Crippen LogP contribution in [0, 0.1) is 15.5 Å². The van der Waals surface area contributed by atoms with Gasteiger partial charge in [0.2, 0.25) is 5.91 Å². The quantitative estimate of drug-likeness (QED) is 0.216. The molecule has 26 heavy (non-hydrogen) atoms. The van der Waals surface area contributed by atoms with E-state index in [4.69, 9.17) is 0 Å². The van der Waals surface area contributed by atoms with E-state index < -0.39 is 4.92 Å². The Balaban J connectivity index is 0.00000243. The molecule has 1 unspecified atom stereocenters. The van der Waals surface area contributed by atoms with Crippen molar-refractivity contribution < 1.29 is 9.72 Å². The fraction of sp³-hybridized carbons (Fsp3) is 0.667. The fourth-order valence-corrected chi connectivity index (χ4v) is 3.61. The van der Waals surface area contributed by atoms with Crippen molar-refractivity contribution in [2.75, 3.05) is 33.2 Å². The first-order valence-electron chi connectivity index (χ1n) is 8.40. The van der Waals surface area contributed by atoms with Crippen LogP contribution in [0.2, 0.25) is 0 Å². The summed E-state index contributed by atoms with van der Waals surface area (Å²) in [5.74, 6) is 0.921. The number of nitrogens with zero attached hydrogens (tertiary/aromatic N) is 5. The number of piperidine rings is 1. The van der Waals surface area contributed by atoms with Crippen LogP contribution < -0.4 is 10.6 Å². The van der Waals surface area contributed by atoms with Gasteiger partial charge in [0.1, 0.15) is 12.4 Å². The number of rotatable bonds is 4. The SMILES string of the molecule is CN=C(NCCn1cc([N+](=O)[O-])cn1)N1CCCC2(CNC(=O)C2)C1.I. The fourth-order valence-electron chi connectivity index (χ4n) is 3.61. The summed E-state index contributed by atoms with van der Waals surface area (Å²) in [6.07, 6.45) is 5.32. The van der Waals surface area contributed by atoms with E-state index in [0.29, 0.717) is 19.5 Å². The molecule has 10 nitrogen and oxygen atoms in total. The topological polar surface area (TPSA) is 118 Å². The molecule has 0 aliphatic carbocycles. The number of guanidine groups is 1. The van der Waals surface area contributed by atoms with E-state index in [1.165, 1.54) is 17.1 Å². The first-order valence-corrected chi connectivity index (χ1v) is 8.40. The van der Waals surface area contributed by atoms with Crippen LogP contribution in [0.25, 0.3) is 0 Å². The van der Waals surface area contributed by atoms with Crippen LogP contribution >= 0.6 is 24.0 Å². The lowest BCUT2D eigenvalue weighted by Crippen LogP contribution is -2.51. The smallest absolute Gasteiger partial charge is 0.306 e. The third-order valence-electron chi connectivity index (χ3n) is 4.82. The molecule has 3 heterocycles. The molecule has 2 N–H and O–H groups in total. The van der Waals surface area contributed by atoms with Gasteiger partial charge in [-0.2, -0.15) is 5.10 Å². The van der Waals surface area contributed by atoms with Crippen molar-refractivity contribution in [2.45, 2.75) is 25.8 Å². The van der Waals surface area contributed by atoms with Crippen LogP contribution in [-0.4, -0.2) is 64.7 Å². The zero-order valence-electron chi connectivity index (χ0n) is 14.7. The van der Waals surface area contributed by atoms with Crippen molar-refractivity contribution in [3.05, 3.63) is 22.5 Å². The average molecular weight is 477 g/mol. The zero-order valence-corrected chi connectivity index (χ0v) is 17.0. The Morgan fingerprint density at radius 3 is 3.00 bits per heavy atom. The van der Waals surface area contributed by atoms with E-state index in [1.807, 2.05) is 0 Å². The van der Waals surface area contributed by atoms with Crippen LogP contribution in [-0.2, 0) is 11.3 Å². The normalized spacial score (nSPS) is 22.9. The Morgan fingerprint density at radius 2 is 2.38 bits per heavy atom. The first-order chi connectivity index (χ1) is 12.0. The van der Waals surface area contributed by atoms with Crippen LogP contribution in [0.4, 0.5) is 5.69 Å². The summed E-state index contributed by atoms with van der Waals surface area (Å²) in [6, 6.07) is 0. The summed E-state index contributed by atoms with van der Waals surface area (Å²) in [5.41, 5.74) is -0.00372. The van der Waals surface area contributed by atoms with E-state index in [1.54, 1.807) is 7.05 Å². The molecule has 1 atom stereocenters. The predicted molar refractivity (Wildman–Crippen MR) is 107 cm³/mol. The third kappa shape index (κ3) is 4.62. The van der Waals surface area contributed by atoms with Crippen LogP contribution in [0.15, 0.2) is 17.4 Å². The molecule has 1 spiro atoms. The Morgan fingerprint density at radius 1 is 1.58 bits per heavy atom. The summed E-state index contributed by atoms with van der Waals surface area (Å²) in [6.45, 7) is 3.51. The van der Waals surface area contributed by atoms with E-state index >= 15 is 0 Å². The minimum Gasteiger partial charge on any atom is -0.355 e. The predicted octanol–water partition coefficient (Wildman–Crippen LogP) is 0.587. The largest absolute Gasteiger partial charge is 0.355 e. The molecular formula is C15H24IN7O3. The number of carbonyl (C=O) groups is 1. The lowest BCUT2D eigenvalue weighted by molar-refractivity contribution is -0.385. The standard InChI is InChI=1S/C15H23N7O3.HI/c1-16-14(17-4-6-21-9-12(8-19-21)22(24)25)20-5-2-3-15(11-20)7-13(23)18-10-15;/h8-9H,2-7,10-11H2,1H3,(H,16,17)(H,18,23);1H. The molecule has 2 saturated heterocycles. The molecule has 144 valence electrons. The summed E-state index contributed by atoms with van der Waals surface area (Å²) in [7, 11) is 1.74. The van der Waals surface area contributed by atoms with Crippen LogP contribution in [0.3, 0.4) is 0 Å². The highest BCUT2D eigenvalue weighted by Gasteiger charge is 2.42. The zero-order chi connectivity index (χ0) is 17.9. The minimum absolute atomic E-state index is 0. The number of aromatic nitrogens is 2. The van der Waals surface area contributed by atoms with Gasteiger partial charge in [-0.15, -0.1) is 24.0 Å². The third-order valence-corrected chi connectivity index (χ3v) is 4.82. The number of nitrogens with one attached hydrogen (secondary N) is 2. The van der Waals surface area contributed by atoms with Gasteiger partial charge in [0, 0.05) is 45.1 Å². The summed E-state index contributed by atoms with van der Waals surface area (Å²) < 4.78 is 1.54. The Bertz CT molecular complexity index is 693. The highest BCUT2D eigenvalue weighted by atomic mass is 127. The van der Waals surface area contributed by atoms with Crippen molar-refractivity contribution in [3.8, 4) is 0 Å². The van der Waals surface area contributed by atoms with Crippen molar-refractivity contribution >= 4 is 41.5 Å². The highest BCUT2D eigenvalue weighted by Crippen LogP contribution is 2.35. The van der Waals surface area contributed by atoms with Crippen LogP contribution in [0.5, 0.6) is 0 Å². The molecule has 11 heteroatoms. The molecule has 1 aromatic rings. The number of carbonyl (C=O) groups excluding carboxylic acids is 1. The van der Waals surface area contributed by atoms with Gasteiger partial charge >= 0.3 is 5.69 Å². The lowest BCUT2D eigenvalue weighted by Gasteiger charge is -2.40. The maximum absolute atomic E-state index is 11.6. The van der Waals surface area contributed by atoms with E-state index in [9.17, 15) is 14.9 Å². The Hall–Kier alpha value is -1.92. The molecule has 0 aromatic carbocycles. The highest BCUT2D eigenvalue weighted by molar-refractivity contribution is 14.0. The summed E-state index contributed by atoms with van der Waals surface area (Å²) in [4.78, 5) is 28.4. The number of halogens is 1. The van der Waals surface area contributed by atoms with E-state index in [2.05, 4.69) is 25.6 Å². The van der Waals surface area contributed by atoms with Crippen LogP contribution in [0.1, 0.15) is 19.3 Å². The lowest BCUT2D eigenvalue weighted by atomic mass is 9.79. The number of nitro groups is 1. The second-order valence-corrected chi connectivity index (χ2v) is 6.67. The number of likely N-dealkylation sites (tertiary alicyclic amines) is 1. The van der Waals surface area contributed by atoms with Crippen molar-refractivity contribution in [2.24, 2.45) is 10.4 Å². The van der Waals surface area contributed by atoms with Gasteiger partial charge in [-0.1, -0.05) is 0 Å². The van der Waals surface area contributed by atoms with Gasteiger partial charge in [0.05, 0.1) is 11.5 Å². The Kier molecular flexibility index (Phi) is 6.78. The second kappa shape index (κ2) is 8.64. The van der Waals surface area contributed by atoms with Crippen molar-refractivity contribution in [3.63, 3.8) is 0 Å². The summed E-state index contributed by atoms with van der Waals surface area (Å²) >= 11 is 0. The molecular weight excluding hydrogens is 453 g/mol. The second-order valence-electron chi connectivity index (χ2n) is 6.67. The van der Waals surface area contributed by atoms with Gasteiger partial charge in [0.25, 0.3) is 0 Å². The summed E-state index contributed by atoms with van der Waals surface area (Å²) in [5, 5.41) is 20.9. The molecule has 3 rings (SSSR count). The number of amides is 1. The molecule has 1 aromatic heterocycles. The van der Waals surface area contributed by atoms with Gasteiger partial charge in [-0.05, 0) is 12.8 Å². The first kappa shape index (κ1) is 20.4. The van der Waals surface area contributed by atoms with Crippen molar-refractivity contribution in [1.82, 2.24) is 25.3 Å². The van der Waals surface area contributed by atoms with Gasteiger partial charge in [-0.25, -0.2) is 0 Å². The molecule has 1 amide bonds. The molecule has 2 aliphatic rings. The monoisotopic (exact) mass is 477 g/mol. The average Bonchev–Trinajstić information content (AvgIpc) is 3.19. The molecule has 0 saturated carbocycles. The number of aliphatic imine (C=N–C) groups is 1. The molecule has 2 aliphatic heterocycles. The maximum Gasteiger partial charge on any atom is 0.306 e.